The molecule has 0 radical (unpaired) electrons. The highest BCUT2D eigenvalue weighted by atomic mass is 16.2. The van der Waals surface area contributed by atoms with Crippen LogP contribution in [-0.2, 0) is 14.4 Å². The molecule has 100 valence electrons. The van der Waals surface area contributed by atoms with Gasteiger partial charge in [-0.05, 0) is 32.9 Å². The van der Waals surface area contributed by atoms with Gasteiger partial charge in [0.1, 0.15) is 0 Å². The summed E-state index contributed by atoms with van der Waals surface area (Å²) in [4.78, 5) is 35.1. The highest BCUT2D eigenvalue weighted by molar-refractivity contribution is 6.01. The molecule has 0 aromatic heterocycles. The quantitative estimate of drug-likeness (QED) is 0.560. The minimum atomic E-state index is -0.792. The fourth-order valence-electron chi connectivity index (χ4n) is 2.38. The highest BCUT2D eigenvalue weighted by Crippen LogP contribution is 2.25. The maximum atomic E-state index is 12.0. The summed E-state index contributed by atoms with van der Waals surface area (Å²) < 4.78 is 0. The molecule has 3 amide bonds. The second kappa shape index (κ2) is 5.06. The van der Waals surface area contributed by atoms with E-state index in [1.807, 2.05) is 0 Å². The van der Waals surface area contributed by atoms with E-state index in [4.69, 9.17) is 0 Å². The first kappa shape index (κ1) is 13.0. The van der Waals surface area contributed by atoms with Crippen LogP contribution in [0.15, 0.2) is 0 Å². The van der Waals surface area contributed by atoms with Crippen LogP contribution in [0.4, 0.5) is 0 Å². The van der Waals surface area contributed by atoms with Gasteiger partial charge in [-0.1, -0.05) is 0 Å². The van der Waals surface area contributed by atoms with Gasteiger partial charge >= 0.3 is 0 Å². The van der Waals surface area contributed by atoms with Crippen molar-refractivity contribution in [1.29, 1.82) is 0 Å². The molecule has 0 aromatic rings. The van der Waals surface area contributed by atoms with E-state index >= 15 is 0 Å². The molecular formula is C12H19N3O3. The van der Waals surface area contributed by atoms with E-state index in [0.717, 1.165) is 25.9 Å². The summed E-state index contributed by atoms with van der Waals surface area (Å²) in [5, 5.41) is 8.25. The monoisotopic (exact) mass is 253 g/mol. The molecular weight excluding hydrogens is 234 g/mol. The lowest BCUT2D eigenvalue weighted by atomic mass is 9.88. The van der Waals surface area contributed by atoms with Crippen molar-refractivity contribution in [2.75, 3.05) is 19.6 Å². The van der Waals surface area contributed by atoms with Crippen molar-refractivity contribution in [3.63, 3.8) is 0 Å². The van der Waals surface area contributed by atoms with Crippen LogP contribution >= 0.6 is 0 Å². The number of piperidine rings is 1. The summed E-state index contributed by atoms with van der Waals surface area (Å²) >= 11 is 0. The second-order valence-corrected chi connectivity index (χ2v) is 5.36. The number of hydrogen-bond donors (Lipinski definition) is 3. The van der Waals surface area contributed by atoms with Gasteiger partial charge in [0.05, 0.1) is 5.41 Å². The maximum absolute atomic E-state index is 12.0. The standard InChI is InChI=1S/C12H19N3O3/c1-12(6-9(16)14-7-12)11(18)15-10(17)8-2-4-13-5-3-8/h8,13H,2-7H2,1H3,(H,14,16)(H,15,17,18). The van der Waals surface area contributed by atoms with Crippen LogP contribution in [-0.4, -0.2) is 37.4 Å². The molecule has 2 aliphatic heterocycles. The Hall–Kier alpha value is -1.43. The first-order chi connectivity index (χ1) is 8.51. The molecule has 2 saturated heterocycles. The van der Waals surface area contributed by atoms with E-state index in [9.17, 15) is 14.4 Å². The average Bonchev–Trinajstić information content (AvgIpc) is 2.71. The van der Waals surface area contributed by atoms with E-state index in [1.165, 1.54) is 0 Å². The van der Waals surface area contributed by atoms with Gasteiger partial charge in [-0.2, -0.15) is 0 Å². The van der Waals surface area contributed by atoms with Crippen molar-refractivity contribution in [1.82, 2.24) is 16.0 Å². The molecule has 3 N–H and O–H groups in total. The Kier molecular flexibility index (Phi) is 3.65. The molecule has 6 heteroatoms. The van der Waals surface area contributed by atoms with Gasteiger partial charge in [0, 0.05) is 18.9 Å². The summed E-state index contributed by atoms with van der Waals surface area (Å²) in [7, 11) is 0. The number of rotatable bonds is 2. The van der Waals surface area contributed by atoms with E-state index in [2.05, 4.69) is 16.0 Å². The second-order valence-electron chi connectivity index (χ2n) is 5.36. The van der Waals surface area contributed by atoms with Crippen LogP contribution in [0.5, 0.6) is 0 Å². The van der Waals surface area contributed by atoms with E-state index in [-0.39, 0.29) is 30.1 Å². The topological polar surface area (TPSA) is 87.3 Å². The van der Waals surface area contributed by atoms with Gasteiger partial charge in [-0.15, -0.1) is 0 Å². The SMILES string of the molecule is CC1(C(=O)NC(=O)C2CCNCC2)CNC(=O)C1. The normalized spacial score (nSPS) is 28.8. The molecule has 2 aliphatic rings. The lowest BCUT2D eigenvalue weighted by molar-refractivity contribution is -0.138. The van der Waals surface area contributed by atoms with E-state index in [0.29, 0.717) is 6.54 Å². The van der Waals surface area contributed by atoms with Crippen LogP contribution < -0.4 is 16.0 Å². The summed E-state index contributed by atoms with van der Waals surface area (Å²) in [6.07, 6.45) is 1.67. The van der Waals surface area contributed by atoms with Gasteiger partial charge in [0.15, 0.2) is 0 Å². The Morgan fingerprint density at radius 2 is 2.00 bits per heavy atom. The zero-order valence-electron chi connectivity index (χ0n) is 10.5. The number of amides is 3. The van der Waals surface area contributed by atoms with Crippen molar-refractivity contribution in [3.8, 4) is 0 Å². The van der Waals surface area contributed by atoms with E-state index in [1.54, 1.807) is 6.92 Å². The van der Waals surface area contributed by atoms with Crippen molar-refractivity contribution < 1.29 is 14.4 Å². The lowest BCUT2D eigenvalue weighted by Gasteiger charge is -2.24. The van der Waals surface area contributed by atoms with Crippen molar-refractivity contribution >= 4 is 17.7 Å². The van der Waals surface area contributed by atoms with Crippen molar-refractivity contribution in [2.45, 2.75) is 26.2 Å². The Morgan fingerprint density at radius 3 is 2.56 bits per heavy atom. The predicted molar refractivity (Wildman–Crippen MR) is 64.5 cm³/mol. The Bertz CT molecular complexity index is 377. The smallest absolute Gasteiger partial charge is 0.234 e. The number of hydrogen-bond acceptors (Lipinski definition) is 4. The third kappa shape index (κ3) is 2.69. The number of carbonyl (C=O) groups excluding carboxylic acids is 3. The van der Waals surface area contributed by atoms with Gasteiger partial charge in [-0.25, -0.2) is 0 Å². The molecule has 1 atom stereocenters. The molecule has 0 saturated carbocycles. The zero-order chi connectivity index (χ0) is 13.2. The first-order valence-electron chi connectivity index (χ1n) is 6.34. The minimum absolute atomic E-state index is 0.0936. The molecule has 0 spiro atoms. The number of imide groups is 1. The summed E-state index contributed by atoms with van der Waals surface area (Å²) in [6, 6.07) is 0. The highest BCUT2D eigenvalue weighted by Gasteiger charge is 2.41. The minimum Gasteiger partial charge on any atom is -0.355 e. The fraction of sp³-hybridized carbons (Fsp3) is 0.750. The van der Waals surface area contributed by atoms with Crippen LogP contribution in [0.1, 0.15) is 26.2 Å². The largest absolute Gasteiger partial charge is 0.355 e. The Balaban J connectivity index is 1.90. The molecule has 0 aliphatic carbocycles. The van der Waals surface area contributed by atoms with Gasteiger partial charge < -0.3 is 10.6 Å². The molecule has 2 fully saturated rings. The van der Waals surface area contributed by atoms with Gasteiger partial charge in [0.2, 0.25) is 17.7 Å². The van der Waals surface area contributed by atoms with Crippen LogP contribution in [0.3, 0.4) is 0 Å². The number of carbonyl (C=O) groups is 3. The summed E-state index contributed by atoms with van der Waals surface area (Å²) in [5.74, 6) is -0.780. The fourth-order valence-corrected chi connectivity index (χ4v) is 2.38. The first-order valence-corrected chi connectivity index (χ1v) is 6.34. The lowest BCUT2D eigenvalue weighted by Crippen LogP contribution is -2.47. The summed E-state index contributed by atoms with van der Waals surface area (Å²) in [5.41, 5.74) is -0.792. The molecule has 18 heavy (non-hydrogen) atoms. The molecule has 6 nitrogen and oxygen atoms in total. The average molecular weight is 253 g/mol. The summed E-state index contributed by atoms with van der Waals surface area (Å²) in [6.45, 7) is 3.63. The van der Waals surface area contributed by atoms with Crippen molar-refractivity contribution in [3.05, 3.63) is 0 Å². The molecule has 2 heterocycles. The maximum Gasteiger partial charge on any atom is 0.234 e. The van der Waals surface area contributed by atoms with Crippen LogP contribution in [0.25, 0.3) is 0 Å². The van der Waals surface area contributed by atoms with Gasteiger partial charge in [0.25, 0.3) is 0 Å². The number of nitrogens with one attached hydrogen (secondary N) is 3. The Morgan fingerprint density at radius 1 is 1.33 bits per heavy atom. The molecule has 2 rings (SSSR count). The van der Waals surface area contributed by atoms with Gasteiger partial charge in [-0.3, -0.25) is 19.7 Å². The molecule has 1 unspecified atom stereocenters. The zero-order valence-corrected chi connectivity index (χ0v) is 10.5. The third-order valence-electron chi connectivity index (χ3n) is 3.72. The molecule has 0 bridgehead atoms. The third-order valence-corrected chi connectivity index (χ3v) is 3.72. The van der Waals surface area contributed by atoms with E-state index < -0.39 is 5.41 Å². The van der Waals surface area contributed by atoms with Crippen LogP contribution in [0, 0.1) is 11.3 Å². The predicted octanol–water partition coefficient (Wildman–Crippen LogP) is -0.845. The van der Waals surface area contributed by atoms with Crippen molar-refractivity contribution in [2.24, 2.45) is 11.3 Å². The van der Waals surface area contributed by atoms with Crippen LogP contribution in [0.2, 0.25) is 0 Å². The molecule has 0 aromatic carbocycles. The Labute approximate surface area is 106 Å².